The maximum Gasteiger partial charge on any atom is 0.227 e. The van der Waals surface area contributed by atoms with Crippen molar-refractivity contribution >= 4 is 29.9 Å². The summed E-state index contributed by atoms with van der Waals surface area (Å²) >= 11 is 0. The number of hydrogen-bond donors (Lipinski definition) is 2. The van der Waals surface area contributed by atoms with Crippen molar-refractivity contribution in [3.63, 3.8) is 0 Å². The lowest BCUT2D eigenvalue weighted by Crippen LogP contribution is -2.24. The van der Waals surface area contributed by atoms with Crippen LogP contribution in [0.2, 0.25) is 0 Å². The Morgan fingerprint density at radius 2 is 1.86 bits per heavy atom. The van der Waals surface area contributed by atoms with Gasteiger partial charge >= 0.3 is 0 Å². The van der Waals surface area contributed by atoms with Crippen LogP contribution in [0, 0.1) is 5.92 Å². The lowest BCUT2D eigenvalue weighted by Gasteiger charge is -2.12. The number of carbonyl (C=O) groups is 2. The largest absolute Gasteiger partial charge is 0.349 e. The van der Waals surface area contributed by atoms with Crippen LogP contribution in [0.3, 0.4) is 0 Å². The molecule has 0 heterocycles. The maximum atomic E-state index is 12.1. The summed E-state index contributed by atoms with van der Waals surface area (Å²) < 4.78 is 0. The molecule has 0 bridgehead atoms. The van der Waals surface area contributed by atoms with Crippen molar-refractivity contribution in [2.24, 2.45) is 11.7 Å². The fraction of sp³-hybridized carbons (Fsp3) is 0.500. The fourth-order valence-electron chi connectivity index (χ4n) is 2.54. The summed E-state index contributed by atoms with van der Waals surface area (Å²) in [6.07, 6.45) is 2.92. The van der Waals surface area contributed by atoms with E-state index < -0.39 is 0 Å². The summed E-state index contributed by atoms with van der Waals surface area (Å²) in [5, 5.41) is 2.92. The van der Waals surface area contributed by atoms with Crippen molar-refractivity contribution in [3.05, 3.63) is 29.8 Å². The molecule has 1 aromatic rings. The minimum atomic E-state index is 0. The van der Waals surface area contributed by atoms with Gasteiger partial charge in [-0.15, -0.1) is 12.4 Å². The molecule has 5 nitrogen and oxygen atoms in total. The van der Waals surface area contributed by atoms with Gasteiger partial charge in [0.05, 0.1) is 6.42 Å². The molecule has 1 fully saturated rings. The van der Waals surface area contributed by atoms with Gasteiger partial charge in [0.25, 0.3) is 0 Å². The van der Waals surface area contributed by atoms with E-state index in [1.807, 2.05) is 24.3 Å². The van der Waals surface area contributed by atoms with Crippen LogP contribution in [0.25, 0.3) is 0 Å². The van der Waals surface area contributed by atoms with Gasteiger partial charge in [0, 0.05) is 31.7 Å². The minimum absolute atomic E-state index is 0. The Bertz CT molecular complexity index is 517. The van der Waals surface area contributed by atoms with Crippen LogP contribution in [-0.2, 0) is 16.0 Å². The van der Waals surface area contributed by atoms with E-state index in [-0.39, 0.29) is 36.2 Å². The molecule has 0 radical (unpaired) electrons. The van der Waals surface area contributed by atoms with Gasteiger partial charge in [-0.3, -0.25) is 9.59 Å². The third kappa shape index (κ3) is 5.00. The summed E-state index contributed by atoms with van der Waals surface area (Å²) in [7, 11) is 3.48. The average molecular weight is 326 g/mol. The Balaban J connectivity index is 0.00000242. The standard InChI is InChI=1S/C16H23N3O2.ClH/c1-19(2)15(20)9-11-3-7-14(8-4-11)18-16(21)12-5-6-13(17)10-12;/h3-4,7-8,12-13H,5-6,9-10,17H2,1-2H3,(H,18,21);1H. The Hall–Kier alpha value is -1.59. The highest BCUT2D eigenvalue weighted by Gasteiger charge is 2.27. The molecule has 122 valence electrons. The van der Waals surface area contributed by atoms with Crippen molar-refractivity contribution in [1.29, 1.82) is 0 Å². The first kappa shape index (κ1) is 18.5. The molecule has 0 aromatic heterocycles. The van der Waals surface area contributed by atoms with E-state index >= 15 is 0 Å². The van der Waals surface area contributed by atoms with Gasteiger partial charge in [-0.05, 0) is 37.0 Å². The summed E-state index contributed by atoms with van der Waals surface area (Å²) in [4.78, 5) is 25.3. The quantitative estimate of drug-likeness (QED) is 0.886. The van der Waals surface area contributed by atoms with E-state index in [0.717, 1.165) is 30.5 Å². The van der Waals surface area contributed by atoms with Crippen LogP contribution in [-0.4, -0.2) is 36.9 Å². The van der Waals surface area contributed by atoms with E-state index in [1.54, 1.807) is 19.0 Å². The number of likely N-dealkylation sites (N-methyl/N-ethyl adjacent to an activating group) is 1. The molecule has 2 unspecified atom stereocenters. The molecule has 0 spiro atoms. The molecule has 1 aliphatic carbocycles. The Morgan fingerprint density at radius 1 is 1.23 bits per heavy atom. The molecule has 0 aliphatic heterocycles. The first-order chi connectivity index (χ1) is 9.95. The normalized spacial score (nSPS) is 20.1. The number of nitrogens with zero attached hydrogens (tertiary/aromatic N) is 1. The second-order valence-electron chi connectivity index (χ2n) is 5.92. The first-order valence-corrected chi connectivity index (χ1v) is 7.31. The third-order valence-corrected chi connectivity index (χ3v) is 3.92. The van der Waals surface area contributed by atoms with Gasteiger partial charge in [0.2, 0.25) is 11.8 Å². The zero-order valence-electron chi connectivity index (χ0n) is 13.0. The predicted octanol–water partition coefficient (Wildman–Crippen LogP) is 1.80. The minimum Gasteiger partial charge on any atom is -0.349 e. The molecule has 2 amide bonds. The van der Waals surface area contributed by atoms with E-state index in [4.69, 9.17) is 5.73 Å². The molecule has 2 rings (SSSR count). The van der Waals surface area contributed by atoms with Crippen molar-refractivity contribution in [2.45, 2.75) is 31.7 Å². The smallest absolute Gasteiger partial charge is 0.227 e. The number of nitrogens with two attached hydrogens (primary N) is 1. The second-order valence-corrected chi connectivity index (χ2v) is 5.92. The highest BCUT2D eigenvalue weighted by molar-refractivity contribution is 5.92. The molecule has 6 heteroatoms. The SMILES string of the molecule is CN(C)C(=O)Cc1ccc(NC(=O)C2CCC(N)C2)cc1.Cl. The van der Waals surface area contributed by atoms with Crippen LogP contribution in [0.1, 0.15) is 24.8 Å². The summed E-state index contributed by atoms with van der Waals surface area (Å²) in [5.74, 6) is 0.127. The summed E-state index contributed by atoms with van der Waals surface area (Å²) in [6, 6.07) is 7.57. The monoisotopic (exact) mass is 325 g/mol. The number of benzene rings is 1. The number of amides is 2. The number of anilines is 1. The van der Waals surface area contributed by atoms with Crippen LogP contribution in [0.5, 0.6) is 0 Å². The maximum absolute atomic E-state index is 12.1. The van der Waals surface area contributed by atoms with Gasteiger partial charge in [-0.25, -0.2) is 0 Å². The fourth-order valence-corrected chi connectivity index (χ4v) is 2.54. The zero-order chi connectivity index (χ0) is 15.4. The molecule has 3 N–H and O–H groups in total. The Kier molecular flexibility index (Phi) is 6.84. The number of nitrogens with one attached hydrogen (secondary N) is 1. The summed E-state index contributed by atoms with van der Waals surface area (Å²) in [5.41, 5.74) is 7.54. The zero-order valence-corrected chi connectivity index (χ0v) is 13.9. The van der Waals surface area contributed by atoms with Crippen molar-refractivity contribution < 1.29 is 9.59 Å². The van der Waals surface area contributed by atoms with Crippen molar-refractivity contribution in [1.82, 2.24) is 4.90 Å². The van der Waals surface area contributed by atoms with Gasteiger partial charge in [-0.1, -0.05) is 12.1 Å². The molecule has 1 aliphatic rings. The predicted molar refractivity (Wildman–Crippen MR) is 90.0 cm³/mol. The van der Waals surface area contributed by atoms with Crippen LogP contribution in [0.15, 0.2) is 24.3 Å². The number of carbonyl (C=O) groups excluding carboxylic acids is 2. The number of hydrogen-bond acceptors (Lipinski definition) is 3. The third-order valence-electron chi connectivity index (χ3n) is 3.92. The lowest BCUT2D eigenvalue weighted by molar-refractivity contribution is -0.128. The topological polar surface area (TPSA) is 75.4 Å². The highest BCUT2D eigenvalue weighted by Crippen LogP contribution is 2.25. The van der Waals surface area contributed by atoms with Crippen LogP contribution >= 0.6 is 12.4 Å². The van der Waals surface area contributed by atoms with Gasteiger partial charge in [0.1, 0.15) is 0 Å². The van der Waals surface area contributed by atoms with Crippen LogP contribution in [0.4, 0.5) is 5.69 Å². The van der Waals surface area contributed by atoms with Gasteiger partial charge in [0.15, 0.2) is 0 Å². The number of rotatable bonds is 4. The first-order valence-electron chi connectivity index (χ1n) is 7.31. The van der Waals surface area contributed by atoms with Gasteiger partial charge in [-0.2, -0.15) is 0 Å². The van der Waals surface area contributed by atoms with E-state index in [0.29, 0.717) is 6.42 Å². The van der Waals surface area contributed by atoms with E-state index in [9.17, 15) is 9.59 Å². The highest BCUT2D eigenvalue weighted by atomic mass is 35.5. The second kappa shape index (κ2) is 8.15. The Morgan fingerprint density at radius 3 is 2.36 bits per heavy atom. The molecule has 22 heavy (non-hydrogen) atoms. The van der Waals surface area contributed by atoms with Gasteiger partial charge < -0.3 is 16.0 Å². The molecule has 2 atom stereocenters. The Labute approximate surface area is 137 Å². The summed E-state index contributed by atoms with van der Waals surface area (Å²) in [6.45, 7) is 0. The van der Waals surface area contributed by atoms with Crippen LogP contribution < -0.4 is 11.1 Å². The van der Waals surface area contributed by atoms with Crippen molar-refractivity contribution in [3.8, 4) is 0 Å². The molecule has 1 saturated carbocycles. The van der Waals surface area contributed by atoms with E-state index in [1.165, 1.54) is 0 Å². The van der Waals surface area contributed by atoms with E-state index in [2.05, 4.69) is 5.32 Å². The van der Waals surface area contributed by atoms with Crippen molar-refractivity contribution in [2.75, 3.05) is 19.4 Å². The molecule has 0 saturated heterocycles. The molecular formula is C16H24ClN3O2. The number of halogens is 1. The average Bonchev–Trinajstić information content (AvgIpc) is 2.87. The molecular weight excluding hydrogens is 302 g/mol. The molecule has 1 aromatic carbocycles. The lowest BCUT2D eigenvalue weighted by atomic mass is 10.1.